The number of piperidine rings is 1. The summed E-state index contributed by atoms with van der Waals surface area (Å²) < 4.78 is 13.5. The monoisotopic (exact) mass is 395 g/mol. The number of hydrogen-bond acceptors (Lipinski definition) is 4. The van der Waals surface area contributed by atoms with Crippen LogP contribution in [0.2, 0.25) is 0 Å². The second-order valence-electron chi connectivity index (χ2n) is 7.42. The van der Waals surface area contributed by atoms with Crippen LogP contribution in [0, 0.1) is 0 Å². The zero-order chi connectivity index (χ0) is 19.2. The van der Waals surface area contributed by atoms with Gasteiger partial charge in [-0.25, -0.2) is 0 Å². The fourth-order valence-corrected chi connectivity index (χ4v) is 5.01. The highest BCUT2D eigenvalue weighted by Gasteiger charge is 2.14. The molecule has 3 aromatic rings. The van der Waals surface area contributed by atoms with Gasteiger partial charge in [-0.15, -0.1) is 11.3 Å². The molecule has 1 aromatic heterocycles. The molecule has 0 aliphatic carbocycles. The van der Waals surface area contributed by atoms with Crippen LogP contribution in [-0.4, -0.2) is 31.1 Å². The summed E-state index contributed by atoms with van der Waals surface area (Å²) in [4.78, 5) is 3.82. The van der Waals surface area contributed by atoms with Gasteiger partial charge in [-0.1, -0.05) is 31.9 Å². The lowest BCUT2D eigenvalue weighted by atomic mass is 10.1. The molecule has 28 heavy (non-hydrogen) atoms. The maximum atomic E-state index is 6.32. The van der Waals surface area contributed by atoms with E-state index in [0.717, 1.165) is 43.2 Å². The summed E-state index contributed by atoms with van der Waals surface area (Å²) in [5.41, 5.74) is 0. The Balaban J connectivity index is 1.39. The number of thiophene rings is 1. The smallest absolute Gasteiger partial charge is 0.149 e. The molecule has 0 N–H and O–H groups in total. The Kier molecular flexibility index (Phi) is 6.50. The van der Waals surface area contributed by atoms with E-state index in [4.69, 9.17) is 9.47 Å². The SMILES string of the molecule is CCCc1sc2ccccc2c1Oc1ccc(OCCN2CCCCC2)cc1. The molecule has 0 spiro atoms. The molecular formula is C24H29NO2S. The van der Waals surface area contributed by atoms with Crippen molar-refractivity contribution in [3.8, 4) is 17.2 Å². The van der Waals surface area contributed by atoms with Crippen LogP contribution in [0.15, 0.2) is 48.5 Å². The van der Waals surface area contributed by atoms with E-state index in [2.05, 4.69) is 36.1 Å². The third kappa shape index (κ3) is 4.68. The third-order valence-corrected chi connectivity index (χ3v) is 6.48. The normalized spacial score (nSPS) is 15.0. The minimum Gasteiger partial charge on any atom is -0.492 e. The second kappa shape index (κ2) is 9.44. The molecule has 2 heterocycles. The van der Waals surface area contributed by atoms with E-state index in [1.165, 1.54) is 47.3 Å². The topological polar surface area (TPSA) is 21.7 Å². The van der Waals surface area contributed by atoms with Crippen molar-refractivity contribution >= 4 is 21.4 Å². The molecule has 0 atom stereocenters. The minimum atomic E-state index is 0.746. The summed E-state index contributed by atoms with van der Waals surface area (Å²) in [7, 11) is 0. The molecule has 1 fully saturated rings. The lowest BCUT2D eigenvalue weighted by Gasteiger charge is -2.26. The van der Waals surface area contributed by atoms with Crippen molar-refractivity contribution < 1.29 is 9.47 Å². The van der Waals surface area contributed by atoms with Crippen LogP contribution >= 0.6 is 11.3 Å². The maximum absolute atomic E-state index is 6.32. The fraction of sp³-hybridized carbons (Fsp3) is 0.417. The van der Waals surface area contributed by atoms with Gasteiger partial charge in [0.05, 0.1) is 0 Å². The maximum Gasteiger partial charge on any atom is 0.149 e. The van der Waals surface area contributed by atoms with E-state index < -0.39 is 0 Å². The molecule has 1 aliphatic rings. The molecule has 1 aliphatic heterocycles. The van der Waals surface area contributed by atoms with E-state index in [9.17, 15) is 0 Å². The summed E-state index contributed by atoms with van der Waals surface area (Å²) >= 11 is 1.84. The van der Waals surface area contributed by atoms with Crippen LogP contribution in [0.25, 0.3) is 10.1 Å². The predicted molar refractivity (Wildman–Crippen MR) is 118 cm³/mol. The first kappa shape index (κ1) is 19.3. The first-order valence-electron chi connectivity index (χ1n) is 10.5. The molecule has 2 aromatic carbocycles. The number of benzene rings is 2. The van der Waals surface area contributed by atoms with Crippen molar-refractivity contribution in [2.45, 2.75) is 39.0 Å². The molecule has 0 unspecified atom stereocenters. The van der Waals surface area contributed by atoms with Gasteiger partial charge in [0, 0.05) is 21.5 Å². The van der Waals surface area contributed by atoms with Crippen molar-refractivity contribution in [2.24, 2.45) is 0 Å². The Hall–Kier alpha value is -2.04. The van der Waals surface area contributed by atoms with Crippen LogP contribution in [0.5, 0.6) is 17.2 Å². The first-order chi connectivity index (χ1) is 13.8. The van der Waals surface area contributed by atoms with Gasteiger partial charge in [-0.2, -0.15) is 0 Å². The molecule has 4 rings (SSSR count). The fourth-order valence-electron chi connectivity index (χ4n) is 3.77. The van der Waals surface area contributed by atoms with Crippen molar-refractivity contribution in [2.75, 3.05) is 26.2 Å². The Morgan fingerprint density at radius 1 is 0.929 bits per heavy atom. The van der Waals surface area contributed by atoms with Gasteiger partial charge >= 0.3 is 0 Å². The summed E-state index contributed by atoms with van der Waals surface area (Å²) in [5.74, 6) is 2.79. The highest BCUT2D eigenvalue weighted by Crippen LogP contribution is 2.41. The van der Waals surface area contributed by atoms with Gasteiger partial charge in [0.2, 0.25) is 0 Å². The van der Waals surface area contributed by atoms with Crippen LogP contribution in [0.3, 0.4) is 0 Å². The van der Waals surface area contributed by atoms with Crippen LogP contribution < -0.4 is 9.47 Å². The average molecular weight is 396 g/mol. The summed E-state index contributed by atoms with van der Waals surface area (Å²) in [5, 5.41) is 1.21. The third-order valence-electron chi connectivity index (χ3n) is 5.26. The highest BCUT2D eigenvalue weighted by molar-refractivity contribution is 7.19. The predicted octanol–water partition coefficient (Wildman–Crippen LogP) is 6.51. The number of hydrogen-bond donors (Lipinski definition) is 0. The molecule has 148 valence electrons. The minimum absolute atomic E-state index is 0.746. The van der Waals surface area contributed by atoms with Gasteiger partial charge in [0.25, 0.3) is 0 Å². The lowest BCUT2D eigenvalue weighted by Crippen LogP contribution is -2.33. The second-order valence-corrected chi connectivity index (χ2v) is 8.56. The number of aryl methyl sites for hydroxylation is 1. The van der Waals surface area contributed by atoms with Crippen molar-refractivity contribution in [3.05, 3.63) is 53.4 Å². The van der Waals surface area contributed by atoms with Crippen LogP contribution in [-0.2, 0) is 6.42 Å². The van der Waals surface area contributed by atoms with Gasteiger partial charge < -0.3 is 9.47 Å². The lowest BCUT2D eigenvalue weighted by molar-refractivity contribution is 0.183. The van der Waals surface area contributed by atoms with Crippen molar-refractivity contribution in [1.29, 1.82) is 0 Å². The van der Waals surface area contributed by atoms with Gasteiger partial charge in [0.15, 0.2) is 0 Å². The van der Waals surface area contributed by atoms with E-state index >= 15 is 0 Å². The Morgan fingerprint density at radius 2 is 1.68 bits per heavy atom. The molecular weight excluding hydrogens is 366 g/mol. The van der Waals surface area contributed by atoms with Crippen molar-refractivity contribution in [3.63, 3.8) is 0 Å². The summed E-state index contributed by atoms with van der Waals surface area (Å²) in [6.45, 7) is 6.40. The molecule has 0 amide bonds. The number of nitrogens with zero attached hydrogens (tertiary/aromatic N) is 1. The number of likely N-dealkylation sites (tertiary alicyclic amines) is 1. The number of ether oxygens (including phenoxy) is 2. The van der Waals surface area contributed by atoms with Gasteiger partial charge in [0.1, 0.15) is 23.9 Å². The standard InChI is InChI=1S/C24H29NO2S/c1-2-8-23-24(21-9-4-5-10-22(21)28-23)27-20-13-11-19(12-14-20)26-18-17-25-15-6-3-7-16-25/h4-5,9-14H,2-3,6-8,15-18H2,1H3. The van der Waals surface area contributed by atoms with Gasteiger partial charge in [-0.3, -0.25) is 4.90 Å². The van der Waals surface area contributed by atoms with Gasteiger partial charge in [-0.05, 0) is 68.8 Å². The molecule has 0 bridgehead atoms. The van der Waals surface area contributed by atoms with E-state index in [1.807, 2.05) is 35.6 Å². The van der Waals surface area contributed by atoms with E-state index in [0.29, 0.717) is 0 Å². The molecule has 0 saturated carbocycles. The Bertz CT molecular complexity index is 881. The quantitative estimate of drug-likeness (QED) is 0.434. The zero-order valence-corrected chi connectivity index (χ0v) is 17.5. The van der Waals surface area contributed by atoms with Crippen molar-refractivity contribution in [1.82, 2.24) is 4.90 Å². The highest BCUT2D eigenvalue weighted by atomic mass is 32.1. The number of fused-ring (bicyclic) bond motifs is 1. The average Bonchev–Trinajstić information content (AvgIpc) is 3.08. The molecule has 3 nitrogen and oxygen atoms in total. The Morgan fingerprint density at radius 3 is 2.46 bits per heavy atom. The zero-order valence-electron chi connectivity index (χ0n) is 16.7. The number of rotatable bonds is 8. The molecule has 4 heteroatoms. The molecule has 1 saturated heterocycles. The summed E-state index contributed by atoms with van der Waals surface area (Å²) in [6.07, 6.45) is 6.18. The summed E-state index contributed by atoms with van der Waals surface area (Å²) in [6, 6.07) is 16.5. The van der Waals surface area contributed by atoms with Crippen LogP contribution in [0.4, 0.5) is 0 Å². The Labute approximate surface area is 171 Å². The van der Waals surface area contributed by atoms with Crippen LogP contribution in [0.1, 0.15) is 37.5 Å². The largest absolute Gasteiger partial charge is 0.492 e. The van der Waals surface area contributed by atoms with E-state index in [-0.39, 0.29) is 0 Å². The molecule has 0 radical (unpaired) electrons. The first-order valence-corrected chi connectivity index (χ1v) is 11.3. The van der Waals surface area contributed by atoms with E-state index in [1.54, 1.807) is 0 Å².